The molecule has 24 heavy (non-hydrogen) atoms. The van der Waals surface area contributed by atoms with Crippen LogP contribution in [0.4, 0.5) is 24.7 Å². The Bertz CT molecular complexity index is 763. The van der Waals surface area contributed by atoms with Crippen molar-refractivity contribution in [1.82, 2.24) is 15.6 Å². The molecule has 1 aliphatic rings. The molecule has 0 spiro atoms. The topological polar surface area (TPSA) is 66.0 Å². The molecule has 1 aliphatic heterocycles. The van der Waals surface area contributed by atoms with Crippen molar-refractivity contribution < 1.29 is 18.0 Å². The number of amides is 1. The summed E-state index contributed by atoms with van der Waals surface area (Å²) >= 11 is 0. The van der Waals surface area contributed by atoms with Crippen LogP contribution in [0.15, 0.2) is 30.5 Å². The Morgan fingerprint density at radius 2 is 2.04 bits per heavy atom. The van der Waals surface area contributed by atoms with E-state index in [1.807, 2.05) is 0 Å². The van der Waals surface area contributed by atoms with Gasteiger partial charge in [0.1, 0.15) is 11.6 Å². The smallest absolute Gasteiger partial charge is 0.255 e. The normalized spacial score (nSPS) is 16.9. The number of nitrogens with zero attached hydrogens (tertiary/aromatic N) is 1. The summed E-state index contributed by atoms with van der Waals surface area (Å²) in [5.41, 5.74) is 0.191. The maximum Gasteiger partial charge on any atom is 0.255 e. The van der Waals surface area contributed by atoms with Gasteiger partial charge in [0.2, 0.25) is 0 Å². The Morgan fingerprint density at radius 3 is 2.75 bits per heavy atom. The lowest BCUT2D eigenvalue weighted by atomic mass is 10.2. The van der Waals surface area contributed by atoms with Crippen LogP contribution in [0.25, 0.3) is 0 Å². The summed E-state index contributed by atoms with van der Waals surface area (Å²) in [4.78, 5) is 16.2. The van der Waals surface area contributed by atoms with Crippen LogP contribution in [-0.2, 0) is 0 Å². The number of rotatable bonds is 4. The molecule has 1 atom stereocenters. The van der Waals surface area contributed by atoms with Crippen molar-refractivity contribution in [3.63, 3.8) is 0 Å². The van der Waals surface area contributed by atoms with Crippen LogP contribution in [0, 0.1) is 17.5 Å². The van der Waals surface area contributed by atoms with E-state index >= 15 is 0 Å². The summed E-state index contributed by atoms with van der Waals surface area (Å²) in [6.45, 7) is 1.44. The van der Waals surface area contributed by atoms with Crippen molar-refractivity contribution in [1.29, 1.82) is 0 Å². The van der Waals surface area contributed by atoms with Gasteiger partial charge in [-0.1, -0.05) is 0 Å². The van der Waals surface area contributed by atoms with Crippen molar-refractivity contribution in [2.45, 2.75) is 12.5 Å². The second-order valence-electron chi connectivity index (χ2n) is 5.47. The quantitative estimate of drug-likeness (QED) is 0.802. The molecule has 1 amide bonds. The molecule has 126 valence electrons. The highest BCUT2D eigenvalue weighted by atomic mass is 19.2. The third kappa shape index (κ3) is 3.65. The maximum absolute atomic E-state index is 13.5. The first-order valence-electron chi connectivity index (χ1n) is 7.42. The Hall–Kier alpha value is -2.61. The van der Waals surface area contributed by atoms with Crippen molar-refractivity contribution in [3.8, 4) is 0 Å². The average Bonchev–Trinajstić information content (AvgIpc) is 3.05. The number of aromatic nitrogens is 1. The van der Waals surface area contributed by atoms with E-state index in [1.54, 1.807) is 0 Å². The standard InChI is InChI=1S/C16H15F3N4O/c17-9-5-12(16(24)23-11-3-4-20-8-11)15(21-7-9)22-10-1-2-13(18)14(19)6-10/h1-2,5-7,11,20H,3-4,8H2,(H,21,22)(H,23,24)/t11-/m1/s1. The summed E-state index contributed by atoms with van der Waals surface area (Å²) in [5.74, 6) is -3.11. The summed E-state index contributed by atoms with van der Waals surface area (Å²) in [6.07, 6.45) is 1.72. The van der Waals surface area contributed by atoms with E-state index in [9.17, 15) is 18.0 Å². The third-order valence-electron chi connectivity index (χ3n) is 3.68. The largest absolute Gasteiger partial charge is 0.348 e. The molecule has 0 saturated carbocycles. The van der Waals surface area contributed by atoms with Gasteiger partial charge in [0.25, 0.3) is 5.91 Å². The highest BCUT2D eigenvalue weighted by molar-refractivity contribution is 5.99. The van der Waals surface area contributed by atoms with Crippen LogP contribution in [0.3, 0.4) is 0 Å². The van der Waals surface area contributed by atoms with E-state index in [2.05, 4.69) is 20.9 Å². The first-order valence-corrected chi connectivity index (χ1v) is 7.42. The van der Waals surface area contributed by atoms with Crippen molar-refractivity contribution in [2.24, 2.45) is 0 Å². The number of hydrogen-bond acceptors (Lipinski definition) is 4. The minimum Gasteiger partial charge on any atom is -0.348 e. The highest BCUT2D eigenvalue weighted by Crippen LogP contribution is 2.21. The number of carbonyl (C=O) groups excluding carboxylic acids is 1. The number of carbonyl (C=O) groups is 1. The van der Waals surface area contributed by atoms with Crippen LogP contribution < -0.4 is 16.0 Å². The summed E-state index contributed by atoms with van der Waals surface area (Å²) in [7, 11) is 0. The van der Waals surface area contributed by atoms with Crippen LogP contribution in [-0.4, -0.2) is 30.0 Å². The van der Waals surface area contributed by atoms with Gasteiger partial charge in [0, 0.05) is 24.3 Å². The third-order valence-corrected chi connectivity index (χ3v) is 3.68. The van der Waals surface area contributed by atoms with Crippen molar-refractivity contribution in [3.05, 3.63) is 53.5 Å². The van der Waals surface area contributed by atoms with E-state index in [4.69, 9.17) is 0 Å². The van der Waals surface area contributed by atoms with E-state index in [1.165, 1.54) is 6.07 Å². The number of hydrogen-bond donors (Lipinski definition) is 3. The van der Waals surface area contributed by atoms with Gasteiger partial charge in [-0.25, -0.2) is 18.2 Å². The Morgan fingerprint density at radius 1 is 1.21 bits per heavy atom. The van der Waals surface area contributed by atoms with Gasteiger partial charge < -0.3 is 16.0 Å². The Labute approximate surface area is 136 Å². The summed E-state index contributed by atoms with van der Waals surface area (Å²) in [5, 5.41) is 8.61. The fourth-order valence-corrected chi connectivity index (χ4v) is 2.46. The second kappa shape index (κ2) is 6.88. The predicted octanol–water partition coefficient (Wildman–Crippen LogP) is 2.33. The monoisotopic (exact) mass is 336 g/mol. The molecular formula is C16H15F3N4O. The molecule has 0 radical (unpaired) electrons. The number of benzene rings is 1. The van der Waals surface area contributed by atoms with Crippen LogP contribution in [0.1, 0.15) is 16.8 Å². The fourth-order valence-electron chi connectivity index (χ4n) is 2.46. The lowest BCUT2D eigenvalue weighted by molar-refractivity contribution is 0.0940. The van der Waals surface area contributed by atoms with Gasteiger partial charge in [0.05, 0.1) is 11.8 Å². The molecule has 1 aromatic heterocycles. The Balaban J connectivity index is 1.84. The minimum absolute atomic E-state index is 0.00775. The maximum atomic E-state index is 13.5. The van der Waals surface area contributed by atoms with E-state index < -0.39 is 23.4 Å². The minimum atomic E-state index is -1.04. The molecule has 2 heterocycles. The van der Waals surface area contributed by atoms with Gasteiger partial charge in [-0.05, 0) is 31.2 Å². The molecule has 5 nitrogen and oxygen atoms in total. The zero-order valence-corrected chi connectivity index (χ0v) is 12.6. The van der Waals surface area contributed by atoms with Crippen LogP contribution in [0.2, 0.25) is 0 Å². The van der Waals surface area contributed by atoms with E-state index in [0.29, 0.717) is 6.54 Å². The SMILES string of the molecule is O=C(N[C@@H]1CCNC1)c1cc(F)cnc1Nc1ccc(F)c(F)c1. The molecular weight excluding hydrogens is 321 g/mol. The lowest BCUT2D eigenvalue weighted by Gasteiger charge is -2.14. The molecule has 3 N–H and O–H groups in total. The Kier molecular flexibility index (Phi) is 4.66. The number of anilines is 2. The van der Waals surface area contributed by atoms with Crippen molar-refractivity contribution in [2.75, 3.05) is 18.4 Å². The lowest BCUT2D eigenvalue weighted by Crippen LogP contribution is -2.36. The second-order valence-corrected chi connectivity index (χ2v) is 5.47. The van der Waals surface area contributed by atoms with Crippen LogP contribution in [0.5, 0.6) is 0 Å². The molecule has 0 aliphatic carbocycles. The number of nitrogens with one attached hydrogen (secondary N) is 3. The van der Waals surface area contributed by atoms with E-state index in [0.717, 1.165) is 37.4 Å². The van der Waals surface area contributed by atoms with Gasteiger partial charge in [-0.15, -0.1) is 0 Å². The van der Waals surface area contributed by atoms with Gasteiger partial charge in [-0.3, -0.25) is 4.79 Å². The summed E-state index contributed by atoms with van der Waals surface area (Å²) < 4.78 is 39.8. The van der Waals surface area contributed by atoms with Gasteiger partial charge in [-0.2, -0.15) is 0 Å². The molecule has 1 aromatic carbocycles. The predicted molar refractivity (Wildman–Crippen MR) is 82.6 cm³/mol. The van der Waals surface area contributed by atoms with Crippen molar-refractivity contribution >= 4 is 17.4 Å². The molecule has 3 rings (SSSR count). The summed E-state index contributed by atoms with van der Waals surface area (Å²) in [6, 6.07) is 4.18. The molecule has 0 unspecified atom stereocenters. The zero-order chi connectivity index (χ0) is 17.1. The first-order chi connectivity index (χ1) is 11.5. The van der Waals surface area contributed by atoms with Gasteiger partial charge >= 0.3 is 0 Å². The molecule has 1 saturated heterocycles. The zero-order valence-electron chi connectivity index (χ0n) is 12.6. The number of pyridine rings is 1. The van der Waals surface area contributed by atoms with Gasteiger partial charge in [0.15, 0.2) is 11.6 Å². The number of halogens is 3. The first kappa shape index (κ1) is 16.3. The average molecular weight is 336 g/mol. The van der Waals surface area contributed by atoms with E-state index in [-0.39, 0.29) is 23.1 Å². The molecule has 8 heteroatoms. The molecule has 0 bridgehead atoms. The highest BCUT2D eigenvalue weighted by Gasteiger charge is 2.21. The fraction of sp³-hybridized carbons (Fsp3) is 0.250. The van der Waals surface area contributed by atoms with Crippen LogP contribution >= 0.6 is 0 Å². The molecule has 1 fully saturated rings. The molecule has 2 aromatic rings.